The third-order valence-corrected chi connectivity index (χ3v) is 10.4. The van der Waals surface area contributed by atoms with Gasteiger partial charge in [0.1, 0.15) is 0 Å². The molecule has 302 valence electrons. The summed E-state index contributed by atoms with van der Waals surface area (Å²) in [6.45, 7) is 0. The predicted octanol–water partition coefficient (Wildman–Crippen LogP) is 14.4. The number of alkyl halides is 9. The quantitative estimate of drug-likeness (QED) is 0.157. The highest BCUT2D eigenvalue weighted by atomic mass is 19.4. The monoisotopic (exact) mass is 830 g/mol. The molecule has 0 bridgehead atoms. The molecule has 9 aromatic rings. The second-order valence-electron chi connectivity index (χ2n) is 14.2. The van der Waals surface area contributed by atoms with Crippen molar-refractivity contribution in [2.75, 3.05) is 0 Å². The van der Waals surface area contributed by atoms with E-state index >= 15 is 0 Å². The van der Waals surface area contributed by atoms with Crippen molar-refractivity contribution < 1.29 is 39.5 Å². The number of hydrogen-bond acceptors (Lipinski definition) is 3. The van der Waals surface area contributed by atoms with Gasteiger partial charge in [-0.2, -0.15) is 39.5 Å². The highest BCUT2D eigenvalue weighted by molar-refractivity contribution is 6.11. The largest absolute Gasteiger partial charge is 0.417 e. The lowest BCUT2D eigenvalue weighted by molar-refractivity contribution is -0.143. The maximum absolute atomic E-state index is 14.5. The van der Waals surface area contributed by atoms with E-state index in [-0.39, 0.29) is 17.5 Å². The molecule has 13 heteroatoms. The number of hydrogen-bond donors (Lipinski definition) is 0. The maximum Gasteiger partial charge on any atom is 0.417 e. The smallest absolute Gasteiger partial charge is 0.309 e. The van der Waals surface area contributed by atoms with E-state index in [9.17, 15) is 39.5 Å². The van der Waals surface area contributed by atoms with Crippen LogP contribution >= 0.6 is 0 Å². The first kappa shape index (κ1) is 39.2. The van der Waals surface area contributed by atoms with Gasteiger partial charge in [0.05, 0.1) is 33.4 Å². The van der Waals surface area contributed by atoms with Crippen LogP contribution in [0, 0.1) is 0 Å². The minimum Gasteiger partial charge on any atom is -0.309 e. The van der Waals surface area contributed by atoms with E-state index in [0.29, 0.717) is 73.0 Å². The summed E-state index contributed by atoms with van der Waals surface area (Å²) in [5, 5.41) is 1.29. The van der Waals surface area contributed by atoms with E-state index in [0.717, 1.165) is 18.2 Å². The average Bonchev–Trinajstić information content (AvgIpc) is 3.59. The second kappa shape index (κ2) is 14.8. The Kier molecular flexibility index (Phi) is 9.49. The Morgan fingerprint density at radius 1 is 0.344 bits per heavy atom. The van der Waals surface area contributed by atoms with E-state index in [1.54, 1.807) is 47.0 Å². The molecule has 0 saturated heterocycles. The summed E-state index contributed by atoms with van der Waals surface area (Å²) in [7, 11) is 0. The molecule has 0 saturated carbocycles. The first-order valence-corrected chi connectivity index (χ1v) is 18.6. The molecule has 4 nitrogen and oxygen atoms in total. The topological polar surface area (TPSA) is 43.6 Å². The fraction of sp³-hybridized carbons (Fsp3) is 0.0625. The normalized spacial score (nSPS) is 12.3. The molecular weight excluding hydrogens is 804 g/mol. The fourth-order valence-electron chi connectivity index (χ4n) is 7.48. The van der Waals surface area contributed by atoms with Crippen LogP contribution in [-0.2, 0) is 18.5 Å². The Morgan fingerprint density at radius 2 is 0.836 bits per heavy atom. The van der Waals surface area contributed by atoms with Gasteiger partial charge in [0.2, 0.25) is 0 Å². The van der Waals surface area contributed by atoms with Gasteiger partial charge < -0.3 is 4.57 Å². The number of rotatable bonds is 6. The van der Waals surface area contributed by atoms with Crippen LogP contribution in [0.2, 0.25) is 0 Å². The van der Waals surface area contributed by atoms with Crippen LogP contribution in [0.25, 0.3) is 83.9 Å². The molecule has 0 unspecified atom stereocenters. The molecule has 61 heavy (non-hydrogen) atoms. The Morgan fingerprint density at radius 3 is 1.43 bits per heavy atom. The number of halogens is 9. The summed E-state index contributed by atoms with van der Waals surface area (Å²) in [5.74, 6) is 1.00. The Bertz CT molecular complexity index is 3020. The summed E-state index contributed by atoms with van der Waals surface area (Å²) >= 11 is 0. The Labute approximate surface area is 341 Å². The molecule has 0 fully saturated rings. The molecule has 9 rings (SSSR count). The minimum absolute atomic E-state index is 0.0117. The molecule has 0 N–H and O–H groups in total. The van der Waals surface area contributed by atoms with E-state index in [4.69, 9.17) is 15.0 Å². The molecule has 0 atom stereocenters. The lowest BCUT2D eigenvalue weighted by Crippen LogP contribution is -2.12. The number of benzene rings is 7. The van der Waals surface area contributed by atoms with Crippen LogP contribution in [0.15, 0.2) is 164 Å². The Balaban J connectivity index is 1.32. The van der Waals surface area contributed by atoms with Gasteiger partial charge in [0.15, 0.2) is 17.5 Å². The number of fused-ring (bicyclic) bond motifs is 3. The van der Waals surface area contributed by atoms with Crippen LogP contribution in [0.3, 0.4) is 0 Å². The second-order valence-corrected chi connectivity index (χ2v) is 14.2. The van der Waals surface area contributed by atoms with Crippen LogP contribution in [-0.4, -0.2) is 19.5 Å². The summed E-state index contributed by atoms with van der Waals surface area (Å²) in [6, 6.07) is 41.5. The van der Waals surface area contributed by atoms with Gasteiger partial charge in [-0.25, -0.2) is 15.0 Å². The highest BCUT2D eigenvalue weighted by Gasteiger charge is 2.38. The number of aromatic nitrogens is 4. The van der Waals surface area contributed by atoms with Gasteiger partial charge in [-0.3, -0.25) is 0 Å². The fourth-order valence-corrected chi connectivity index (χ4v) is 7.48. The van der Waals surface area contributed by atoms with Crippen molar-refractivity contribution in [2.45, 2.75) is 18.5 Å². The summed E-state index contributed by atoms with van der Waals surface area (Å²) in [6.07, 6.45) is -14.8. The molecule has 0 aliphatic rings. The zero-order valence-corrected chi connectivity index (χ0v) is 31.3. The van der Waals surface area contributed by atoms with E-state index in [1.165, 1.54) is 24.3 Å². The number of nitrogens with zero attached hydrogens (tertiary/aromatic N) is 4. The third-order valence-electron chi connectivity index (χ3n) is 10.4. The summed E-state index contributed by atoms with van der Waals surface area (Å²) in [4.78, 5) is 14.5. The van der Waals surface area contributed by atoms with Gasteiger partial charge in [-0.1, -0.05) is 121 Å². The van der Waals surface area contributed by atoms with Crippen LogP contribution in [0.5, 0.6) is 0 Å². The molecule has 7 aromatic carbocycles. The van der Waals surface area contributed by atoms with Crippen LogP contribution in [0.4, 0.5) is 39.5 Å². The molecule has 2 heterocycles. The van der Waals surface area contributed by atoms with E-state index in [2.05, 4.69) is 0 Å². The zero-order valence-electron chi connectivity index (χ0n) is 31.3. The minimum atomic E-state index is -5.13. The molecule has 0 radical (unpaired) electrons. The van der Waals surface area contributed by atoms with Crippen molar-refractivity contribution in [3.8, 4) is 62.1 Å². The standard InChI is InChI=1S/C48H27F9N4/c49-46(50,51)33-19-15-28(16-20-33)36-22-18-32(45-59-43(29-9-3-1-4-10-29)58-44(60-45)30-11-5-2-6-12-30)26-41(36)61-40-14-8-7-13-37(40)38-23-17-31(25-42(38)61)35-24-21-34(47(52,53)54)27-39(35)48(55,56)57/h1-27H. The summed E-state index contributed by atoms with van der Waals surface area (Å²) in [5.41, 5.74) is -0.125. The molecule has 0 aliphatic carbocycles. The molecule has 0 amide bonds. The van der Waals surface area contributed by atoms with Crippen LogP contribution in [0.1, 0.15) is 16.7 Å². The first-order chi connectivity index (χ1) is 29.1. The first-order valence-electron chi connectivity index (χ1n) is 18.6. The van der Waals surface area contributed by atoms with Gasteiger partial charge in [-0.05, 0) is 59.2 Å². The molecule has 0 aliphatic heterocycles. The average molecular weight is 831 g/mol. The predicted molar refractivity (Wildman–Crippen MR) is 216 cm³/mol. The van der Waals surface area contributed by atoms with Gasteiger partial charge >= 0.3 is 18.5 Å². The van der Waals surface area contributed by atoms with Crippen molar-refractivity contribution in [2.24, 2.45) is 0 Å². The summed E-state index contributed by atoms with van der Waals surface area (Å²) < 4.78 is 127. The van der Waals surface area contributed by atoms with Gasteiger partial charge in [-0.15, -0.1) is 0 Å². The SMILES string of the molecule is FC(F)(F)c1ccc(-c2ccc(-c3nc(-c4ccccc4)nc(-c4ccccc4)n3)cc2-n2c3ccccc3c3ccc(-c4ccc(C(F)(F)F)cc4C(F)(F)F)cc32)cc1. The Hall–Kier alpha value is -7.28. The van der Waals surface area contributed by atoms with Crippen LogP contribution < -0.4 is 0 Å². The molecule has 2 aromatic heterocycles. The third kappa shape index (κ3) is 7.47. The number of para-hydroxylation sites is 1. The lowest BCUT2D eigenvalue weighted by Gasteiger charge is -2.18. The molecule has 0 spiro atoms. The zero-order chi connectivity index (χ0) is 42.7. The maximum atomic E-state index is 14.5. The van der Waals surface area contributed by atoms with E-state index in [1.807, 2.05) is 66.7 Å². The van der Waals surface area contributed by atoms with Gasteiger partial charge in [0, 0.05) is 33.0 Å². The van der Waals surface area contributed by atoms with Crippen molar-refractivity contribution >= 4 is 21.8 Å². The van der Waals surface area contributed by atoms with Crippen molar-refractivity contribution in [3.63, 3.8) is 0 Å². The van der Waals surface area contributed by atoms with Crippen molar-refractivity contribution in [3.05, 3.63) is 180 Å². The van der Waals surface area contributed by atoms with Crippen molar-refractivity contribution in [1.82, 2.24) is 19.5 Å². The molecular formula is C48H27F9N4. The van der Waals surface area contributed by atoms with Crippen molar-refractivity contribution in [1.29, 1.82) is 0 Å². The highest BCUT2D eigenvalue weighted by Crippen LogP contribution is 2.44. The van der Waals surface area contributed by atoms with Gasteiger partial charge in [0.25, 0.3) is 0 Å². The lowest BCUT2D eigenvalue weighted by atomic mass is 9.95. The van der Waals surface area contributed by atoms with E-state index < -0.39 is 40.8 Å².